The zero-order valence-corrected chi connectivity index (χ0v) is 15.4. The lowest BCUT2D eigenvalue weighted by molar-refractivity contribution is -0.123. The van der Waals surface area contributed by atoms with Crippen LogP contribution in [0.1, 0.15) is 17.4 Å². The van der Waals surface area contributed by atoms with Gasteiger partial charge in [-0.15, -0.1) is 0 Å². The van der Waals surface area contributed by atoms with Gasteiger partial charge in [-0.05, 0) is 37.3 Å². The standard InChI is InChI=1S/C17H19N3O5S/c1-12(25-17(22)15-9-4-5-10-18-15)16(21)19-13-7-6-8-14(11-13)26(23,24)20(2)3/h4-12H,1-3H3,(H,19,21)/t12-/m0/s1. The van der Waals surface area contributed by atoms with Gasteiger partial charge in [-0.2, -0.15) is 0 Å². The van der Waals surface area contributed by atoms with E-state index in [1.807, 2.05) is 0 Å². The molecule has 0 saturated carbocycles. The zero-order valence-electron chi connectivity index (χ0n) is 14.5. The lowest BCUT2D eigenvalue weighted by Crippen LogP contribution is -2.30. The Morgan fingerprint density at radius 1 is 1.15 bits per heavy atom. The second-order valence-corrected chi connectivity index (χ2v) is 7.72. The number of amides is 1. The third kappa shape index (κ3) is 4.64. The summed E-state index contributed by atoms with van der Waals surface area (Å²) in [7, 11) is -0.789. The molecule has 0 bridgehead atoms. The molecular weight excluding hydrogens is 358 g/mol. The molecule has 2 aromatic rings. The number of anilines is 1. The van der Waals surface area contributed by atoms with Crippen molar-refractivity contribution in [2.24, 2.45) is 0 Å². The van der Waals surface area contributed by atoms with E-state index >= 15 is 0 Å². The number of rotatable bonds is 6. The predicted molar refractivity (Wildman–Crippen MR) is 95.1 cm³/mol. The first-order valence-corrected chi connectivity index (χ1v) is 9.11. The van der Waals surface area contributed by atoms with Crippen LogP contribution in [0.2, 0.25) is 0 Å². The molecule has 0 aliphatic heterocycles. The van der Waals surface area contributed by atoms with Crippen molar-refractivity contribution in [2.45, 2.75) is 17.9 Å². The molecule has 1 aromatic carbocycles. The number of pyridine rings is 1. The molecular formula is C17H19N3O5S. The largest absolute Gasteiger partial charge is 0.448 e. The van der Waals surface area contributed by atoms with Crippen LogP contribution in [-0.2, 0) is 19.6 Å². The lowest BCUT2D eigenvalue weighted by Gasteiger charge is -2.15. The Labute approximate surface area is 151 Å². The number of nitrogens with zero attached hydrogens (tertiary/aromatic N) is 2. The van der Waals surface area contributed by atoms with E-state index in [2.05, 4.69) is 10.3 Å². The Kier molecular flexibility index (Phi) is 6.06. The van der Waals surface area contributed by atoms with Crippen LogP contribution in [0.4, 0.5) is 5.69 Å². The first-order chi connectivity index (χ1) is 12.2. The Hall–Kier alpha value is -2.78. The molecule has 1 atom stereocenters. The van der Waals surface area contributed by atoms with E-state index in [1.165, 1.54) is 51.5 Å². The minimum Gasteiger partial charge on any atom is -0.448 e. The summed E-state index contributed by atoms with van der Waals surface area (Å²) in [4.78, 5) is 28.0. The average Bonchev–Trinajstić information content (AvgIpc) is 2.62. The van der Waals surface area contributed by atoms with Gasteiger partial charge in [-0.25, -0.2) is 22.5 Å². The van der Waals surface area contributed by atoms with Crippen LogP contribution in [0.25, 0.3) is 0 Å². The third-order valence-corrected chi connectivity index (χ3v) is 5.22. The number of sulfonamides is 1. The molecule has 0 radical (unpaired) electrons. The lowest BCUT2D eigenvalue weighted by atomic mass is 10.3. The van der Waals surface area contributed by atoms with Crippen LogP contribution in [0.5, 0.6) is 0 Å². The van der Waals surface area contributed by atoms with Crippen molar-refractivity contribution in [3.63, 3.8) is 0 Å². The van der Waals surface area contributed by atoms with Gasteiger partial charge in [0, 0.05) is 26.0 Å². The van der Waals surface area contributed by atoms with Crippen LogP contribution < -0.4 is 5.32 Å². The monoisotopic (exact) mass is 377 g/mol. The van der Waals surface area contributed by atoms with E-state index in [9.17, 15) is 18.0 Å². The fraction of sp³-hybridized carbons (Fsp3) is 0.235. The fourth-order valence-electron chi connectivity index (χ4n) is 1.95. The molecule has 1 N–H and O–H groups in total. The molecule has 0 unspecified atom stereocenters. The van der Waals surface area contributed by atoms with E-state index in [0.717, 1.165) is 4.31 Å². The number of carbonyl (C=O) groups excluding carboxylic acids is 2. The van der Waals surface area contributed by atoms with Gasteiger partial charge in [0.05, 0.1) is 4.90 Å². The highest BCUT2D eigenvalue weighted by Crippen LogP contribution is 2.18. The minimum absolute atomic E-state index is 0.0402. The van der Waals surface area contributed by atoms with Gasteiger partial charge < -0.3 is 10.1 Å². The number of hydrogen-bond acceptors (Lipinski definition) is 6. The summed E-state index contributed by atoms with van der Waals surface area (Å²) in [6.07, 6.45) is 0.358. The van der Waals surface area contributed by atoms with E-state index in [0.29, 0.717) is 0 Å². The molecule has 9 heteroatoms. The Morgan fingerprint density at radius 2 is 1.88 bits per heavy atom. The van der Waals surface area contributed by atoms with Gasteiger partial charge in [0.2, 0.25) is 10.0 Å². The van der Waals surface area contributed by atoms with E-state index in [4.69, 9.17) is 4.74 Å². The smallest absolute Gasteiger partial charge is 0.357 e. The first-order valence-electron chi connectivity index (χ1n) is 7.67. The quantitative estimate of drug-likeness (QED) is 0.765. The van der Waals surface area contributed by atoms with E-state index < -0.39 is 28.0 Å². The van der Waals surface area contributed by atoms with Crippen molar-refractivity contribution < 1.29 is 22.7 Å². The summed E-state index contributed by atoms with van der Waals surface area (Å²) in [6, 6.07) is 10.6. The van der Waals surface area contributed by atoms with Crippen molar-refractivity contribution in [1.29, 1.82) is 0 Å². The summed E-state index contributed by atoms with van der Waals surface area (Å²) in [5.41, 5.74) is 0.366. The van der Waals surface area contributed by atoms with Crippen LogP contribution >= 0.6 is 0 Å². The maximum Gasteiger partial charge on any atom is 0.357 e. The highest BCUT2D eigenvalue weighted by Gasteiger charge is 2.21. The van der Waals surface area contributed by atoms with Gasteiger partial charge in [0.25, 0.3) is 5.91 Å². The SMILES string of the molecule is C[C@H](OC(=O)c1ccccn1)C(=O)Nc1cccc(S(=O)(=O)N(C)C)c1. The third-order valence-electron chi connectivity index (χ3n) is 3.41. The molecule has 0 fully saturated rings. The Morgan fingerprint density at radius 3 is 2.50 bits per heavy atom. The van der Waals surface area contributed by atoms with Gasteiger partial charge in [0.1, 0.15) is 5.69 Å². The molecule has 2 rings (SSSR count). The number of hydrogen-bond donors (Lipinski definition) is 1. The van der Waals surface area contributed by atoms with Crippen LogP contribution in [0.15, 0.2) is 53.6 Å². The summed E-state index contributed by atoms with van der Waals surface area (Å²) < 4.78 is 30.4. The summed E-state index contributed by atoms with van der Waals surface area (Å²) in [5.74, 6) is -1.31. The van der Waals surface area contributed by atoms with Crippen molar-refractivity contribution in [3.8, 4) is 0 Å². The van der Waals surface area contributed by atoms with Gasteiger partial charge >= 0.3 is 5.97 Å². The van der Waals surface area contributed by atoms with Crippen molar-refractivity contribution in [2.75, 3.05) is 19.4 Å². The average molecular weight is 377 g/mol. The van der Waals surface area contributed by atoms with Crippen molar-refractivity contribution >= 4 is 27.6 Å². The number of nitrogens with one attached hydrogen (secondary N) is 1. The first kappa shape index (κ1) is 19.5. The molecule has 0 aliphatic rings. The highest BCUT2D eigenvalue weighted by molar-refractivity contribution is 7.89. The number of esters is 1. The zero-order chi connectivity index (χ0) is 19.3. The maximum absolute atomic E-state index is 12.2. The number of benzene rings is 1. The van der Waals surface area contributed by atoms with Crippen LogP contribution in [0.3, 0.4) is 0 Å². The molecule has 8 nitrogen and oxygen atoms in total. The summed E-state index contributed by atoms with van der Waals surface area (Å²) in [5, 5.41) is 2.53. The van der Waals surface area contributed by atoms with Crippen LogP contribution in [0, 0.1) is 0 Å². The number of carbonyl (C=O) groups is 2. The van der Waals surface area contributed by atoms with Gasteiger partial charge in [-0.1, -0.05) is 12.1 Å². The summed E-state index contributed by atoms with van der Waals surface area (Å²) in [6.45, 7) is 1.41. The summed E-state index contributed by atoms with van der Waals surface area (Å²) >= 11 is 0. The molecule has 0 aliphatic carbocycles. The molecule has 1 amide bonds. The van der Waals surface area contributed by atoms with Crippen molar-refractivity contribution in [1.82, 2.24) is 9.29 Å². The number of aromatic nitrogens is 1. The van der Waals surface area contributed by atoms with E-state index in [-0.39, 0.29) is 16.3 Å². The molecule has 1 aromatic heterocycles. The fourth-order valence-corrected chi connectivity index (χ4v) is 2.90. The van der Waals surface area contributed by atoms with Gasteiger partial charge in [0.15, 0.2) is 6.10 Å². The number of ether oxygens (including phenoxy) is 1. The normalized spacial score (nSPS) is 12.5. The molecule has 0 saturated heterocycles. The van der Waals surface area contributed by atoms with Gasteiger partial charge in [-0.3, -0.25) is 4.79 Å². The minimum atomic E-state index is -3.62. The molecule has 26 heavy (non-hydrogen) atoms. The second kappa shape index (κ2) is 8.07. The Bertz CT molecular complexity index is 898. The van der Waals surface area contributed by atoms with E-state index in [1.54, 1.807) is 18.2 Å². The second-order valence-electron chi connectivity index (χ2n) is 5.57. The topological polar surface area (TPSA) is 106 Å². The molecule has 0 spiro atoms. The highest BCUT2D eigenvalue weighted by atomic mass is 32.2. The predicted octanol–water partition coefficient (Wildman–Crippen LogP) is 1.52. The van der Waals surface area contributed by atoms with Crippen LogP contribution in [-0.4, -0.2) is 49.8 Å². The Balaban J connectivity index is 2.06. The molecule has 138 valence electrons. The molecule has 1 heterocycles. The van der Waals surface area contributed by atoms with Crippen molar-refractivity contribution in [3.05, 3.63) is 54.4 Å². The maximum atomic E-state index is 12.2.